The van der Waals surface area contributed by atoms with E-state index in [0.29, 0.717) is 40.0 Å². The van der Waals surface area contributed by atoms with Gasteiger partial charge in [-0.15, -0.1) is 0 Å². The molecule has 3 heterocycles. The van der Waals surface area contributed by atoms with E-state index in [2.05, 4.69) is 66.7 Å². The molecule has 2 aromatic heterocycles. The number of benzene rings is 2. The van der Waals surface area contributed by atoms with Crippen LogP contribution in [0.4, 0.5) is 28.7 Å². The molecule has 1 aliphatic heterocycles. The number of nitrogens with one attached hydrogen (secondary N) is 2. The van der Waals surface area contributed by atoms with Gasteiger partial charge in [-0.3, -0.25) is 0 Å². The largest absolute Gasteiger partial charge is 0.493 e. The van der Waals surface area contributed by atoms with Gasteiger partial charge in [-0.05, 0) is 43.4 Å². The van der Waals surface area contributed by atoms with Gasteiger partial charge in [0.2, 0.25) is 5.75 Å². The minimum Gasteiger partial charge on any atom is -0.493 e. The molecule has 0 amide bonds. The molecule has 0 spiro atoms. The van der Waals surface area contributed by atoms with Crippen molar-refractivity contribution in [3.63, 3.8) is 0 Å². The Labute approximate surface area is 216 Å². The first-order chi connectivity index (χ1) is 18.1. The molecule has 37 heavy (non-hydrogen) atoms. The van der Waals surface area contributed by atoms with Gasteiger partial charge < -0.3 is 34.6 Å². The second-order valence-corrected chi connectivity index (χ2v) is 8.80. The van der Waals surface area contributed by atoms with Crippen LogP contribution in [0, 0.1) is 0 Å². The predicted octanol–water partition coefficient (Wildman–Crippen LogP) is 4.29. The smallest absolute Gasteiger partial charge is 0.203 e. The number of piperazine rings is 1. The van der Waals surface area contributed by atoms with Crippen molar-refractivity contribution < 1.29 is 14.2 Å². The molecule has 1 aliphatic rings. The maximum absolute atomic E-state index is 5.43. The van der Waals surface area contributed by atoms with E-state index in [1.807, 2.05) is 24.3 Å². The fourth-order valence-corrected chi connectivity index (χ4v) is 4.30. The van der Waals surface area contributed by atoms with Crippen molar-refractivity contribution in [2.24, 2.45) is 0 Å². The van der Waals surface area contributed by atoms with Gasteiger partial charge in [0.1, 0.15) is 17.2 Å². The fraction of sp³-hybridized carbons (Fsp3) is 0.296. The van der Waals surface area contributed by atoms with Crippen LogP contribution in [-0.4, -0.2) is 74.4 Å². The van der Waals surface area contributed by atoms with Crippen LogP contribution in [0.2, 0.25) is 0 Å². The summed E-state index contributed by atoms with van der Waals surface area (Å²) < 4.78 is 16.2. The lowest BCUT2D eigenvalue weighted by Crippen LogP contribution is -2.44. The third-order valence-electron chi connectivity index (χ3n) is 6.35. The van der Waals surface area contributed by atoms with E-state index >= 15 is 0 Å². The highest BCUT2D eigenvalue weighted by molar-refractivity contribution is 5.76. The molecule has 0 aliphatic carbocycles. The van der Waals surface area contributed by atoms with E-state index in [1.54, 1.807) is 27.5 Å². The van der Waals surface area contributed by atoms with Crippen molar-refractivity contribution >= 4 is 39.9 Å². The van der Waals surface area contributed by atoms with Crippen molar-refractivity contribution in [3.05, 3.63) is 54.7 Å². The average molecular weight is 502 g/mol. The van der Waals surface area contributed by atoms with Gasteiger partial charge in [-0.25, -0.2) is 15.0 Å². The summed E-state index contributed by atoms with van der Waals surface area (Å²) in [7, 11) is 6.90. The Bertz CT molecular complexity index is 1350. The number of likely N-dealkylation sites (N-methyl/N-ethyl adjacent to an activating group) is 1. The summed E-state index contributed by atoms with van der Waals surface area (Å²) in [5, 5.41) is 6.61. The molecule has 10 heteroatoms. The number of hydrogen-bond donors (Lipinski definition) is 2. The summed E-state index contributed by atoms with van der Waals surface area (Å²) in [5.41, 5.74) is 4.17. The van der Waals surface area contributed by atoms with E-state index in [4.69, 9.17) is 14.2 Å². The summed E-state index contributed by atoms with van der Waals surface area (Å²) in [5.74, 6) is 2.90. The van der Waals surface area contributed by atoms with Crippen LogP contribution in [0.1, 0.15) is 0 Å². The van der Waals surface area contributed by atoms with Gasteiger partial charge in [0.05, 0.1) is 27.5 Å². The highest BCUT2D eigenvalue weighted by Gasteiger charge is 2.15. The van der Waals surface area contributed by atoms with E-state index in [1.165, 1.54) is 5.69 Å². The zero-order valence-electron chi connectivity index (χ0n) is 21.5. The molecule has 0 atom stereocenters. The molecule has 1 fully saturated rings. The monoisotopic (exact) mass is 501 g/mol. The molecule has 10 nitrogen and oxygen atoms in total. The number of rotatable bonds is 8. The van der Waals surface area contributed by atoms with E-state index in [-0.39, 0.29) is 0 Å². The van der Waals surface area contributed by atoms with Gasteiger partial charge in [0.15, 0.2) is 17.1 Å². The second kappa shape index (κ2) is 10.8. The van der Waals surface area contributed by atoms with E-state index < -0.39 is 0 Å². The van der Waals surface area contributed by atoms with Gasteiger partial charge >= 0.3 is 0 Å². The molecule has 0 radical (unpaired) electrons. The van der Waals surface area contributed by atoms with Crippen LogP contribution in [0.15, 0.2) is 54.7 Å². The Balaban J connectivity index is 1.29. The fourth-order valence-electron chi connectivity index (χ4n) is 4.30. The lowest BCUT2D eigenvalue weighted by molar-refractivity contribution is 0.313. The molecule has 2 aromatic carbocycles. The van der Waals surface area contributed by atoms with Crippen LogP contribution in [0.25, 0.3) is 11.2 Å². The zero-order chi connectivity index (χ0) is 25.8. The second-order valence-electron chi connectivity index (χ2n) is 8.80. The van der Waals surface area contributed by atoms with E-state index in [0.717, 1.165) is 37.6 Å². The molecular formula is C27H31N7O3. The first-order valence-electron chi connectivity index (χ1n) is 12.1. The molecule has 0 unspecified atom stereocenters. The Hall–Kier alpha value is -4.31. The van der Waals surface area contributed by atoms with Crippen LogP contribution in [0.3, 0.4) is 0 Å². The lowest BCUT2D eigenvalue weighted by Gasteiger charge is -2.34. The van der Waals surface area contributed by atoms with Gasteiger partial charge in [0.25, 0.3) is 0 Å². The van der Waals surface area contributed by atoms with Crippen LogP contribution >= 0.6 is 0 Å². The molecular weight excluding hydrogens is 470 g/mol. The van der Waals surface area contributed by atoms with Crippen molar-refractivity contribution in [1.82, 2.24) is 19.9 Å². The highest BCUT2D eigenvalue weighted by atomic mass is 16.5. The van der Waals surface area contributed by atoms with Gasteiger partial charge in [0, 0.05) is 55.4 Å². The van der Waals surface area contributed by atoms with Crippen LogP contribution < -0.4 is 29.7 Å². The average Bonchev–Trinajstić information content (AvgIpc) is 2.93. The van der Waals surface area contributed by atoms with Crippen molar-refractivity contribution in [1.29, 1.82) is 0 Å². The molecule has 5 rings (SSSR count). The minimum absolute atomic E-state index is 0.526. The number of fused-ring (bicyclic) bond motifs is 1. The Morgan fingerprint density at radius 2 is 1.41 bits per heavy atom. The Morgan fingerprint density at radius 1 is 0.730 bits per heavy atom. The van der Waals surface area contributed by atoms with E-state index in [9.17, 15) is 0 Å². The number of nitrogens with zero attached hydrogens (tertiary/aromatic N) is 5. The number of hydrogen-bond acceptors (Lipinski definition) is 10. The molecule has 2 N–H and O–H groups in total. The number of anilines is 5. The van der Waals surface area contributed by atoms with Gasteiger partial charge in [-0.1, -0.05) is 0 Å². The van der Waals surface area contributed by atoms with Crippen LogP contribution in [0.5, 0.6) is 17.2 Å². The quantitative estimate of drug-likeness (QED) is 0.364. The molecule has 192 valence electrons. The summed E-state index contributed by atoms with van der Waals surface area (Å²) in [6.07, 6.45) is 1.65. The third-order valence-corrected chi connectivity index (χ3v) is 6.35. The maximum atomic E-state index is 5.43. The highest BCUT2D eigenvalue weighted by Crippen LogP contribution is 2.40. The number of aromatic nitrogens is 3. The third kappa shape index (κ3) is 5.44. The first-order valence-corrected chi connectivity index (χ1v) is 12.1. The van der Waals surface area contributed by atoms with Crippen molar-refractivity contribution in [3.8, 4) is 17.2 Å². The first kappa shape index (κ1) is 24.4. The molecule has 0 saturated carbocycles. The minimum atomic E-state index is 0.526. The summed E-state index contributed by atoms with van der Waals surface area (Å²) >= 11 is 0. The zero-order valence-corrected chi connectivity index (χ0v) is 21.5. The molecule has 0 bridgehead atoms. The van der Waals surface area contributed by atoms with Crippen molar-refractivity contribution in [2.75, 3.05) is 70.1 Å². The standard InChI is InChI=1S/C27H31N7O3/c1-33-11-13-34(14-12-33)20-7-5-18(6-8-20)29-24-10-9-21-27(32-24)28-17-25(31-21)30-19-15-22(35-2)26(37-4)23(16-19)36-3/h5-10,15-17H,11-14H2,1-4H3,(H,30,31)(H,28,29,32). The van der Waals surface area contributed by atoms with Crippen molar-refractivity contribution in [2.45, 2.75) is 0 Å². The summed E-state index contributed by atoms with van der Waals surface area (Å²) in [6.45, 7) is 4.26. The topological polar surface area (TPSA) is 96.9 Å². The lowest BCUT2D eigenvalue weighted by atomic mass is 10.2. The number of ether oxygens (including phenoxy) is 3. The van der Waals surface area contributed by atoms with Crippen LogP contribution in [-0.2, 0) is 0 Å². The molecule has 4 aromatic rings. The number of pyridine rings is 1. The normalized spacial score (nSPS) is 13.9. The Kier molecular flexibility index (Phi) is 7.09. The summed E-state index contributed by atoms with van der Waals surface area (Å²) in [4.78, 5) is 18.6. The predicted molar refractivity (Wildman–Crippen MR) is 146 cm³/mol. The maximum Gasteiger partial charge on any atom is 0.203 e. The van der Waals surface area contributed by atoms with Gasteiger partial charge in [-0.2, -0.15) is 0 Å². The Morgan fingerprint density at radius 3 is 2.05 bits per heavy atom. The SMILES string of the molecule is COc1cc(Nc2cnc3nc(Nc4ccc(N5CCN(C)CC5)cc4)ccc3n2)cc(OC)c1OC. The summed E-state index contributed by atoms with van der Waals surface area (Å²) in [6, 6.07) is 15.9. The molecule has 1 saturated heterocycles. The number of methoxy groups -OCH3 is 3.